The lowest BCUT2D eigenvalue weighted by atomic mass is 10.1. The highest BCUT2D eigenvalue weighted by Gasteiger charge is 2.15. The summed E-state index contributed by atoms with van der Waals surface area (Å²) in [6, 6.07) is 6.43. The molecule has 19 heavy (non-hydrogen) atoms. The zero-order valence-corrected chi connectivity index (χ0v) is 11.8. The minimum absolute atomic E-state index is 0.390. The van der Waals surface area contributed by atoms with E-state index in [-0.39, 0.29) is 0 Å². The van der Waals surface area contributed by atoms with Crippen LogP contribution in [0.3, 0.4) is 0 Å². The maximum atomic E-state index is 5.51. The summed E-state index contributed by atoms with van der Waals surface area (Å²) in [6.07, 6.45) is 2.27. The fourth-order valence-corrected chi connectivity index (χ4v) is 3.22. The molecule has 1 fully saturated rings. The Hall–Kier alpha value is -1.33. The molecule has 0 bridgehead atoms. The summed E-state index contributed by atoms with van der Waals surface area (Å²) >= 11 is 1.67. The number of benzene rings is 1. The highest BCUT2D eigenvalue weighted by Crippen LogP contribution is 2.30. The topological polar surface area (TPSA) is 43.4 Å². The molecule has 0 radical (unpaired) electrons. The lowest BCUT2D eigenvalue weighted by Gasteiger charge is -2.22. The minimum atomic E-state index is 0.390. The molecule has 4 nitrogen and oxygen atoms in total. The first-order valence-corrected chi connectivity index (χ1v) is 7.54. The summed E-state index contributed by atoms with van der Waals surface area (Å²) in [6.45, 7) is 4.34. The summed E-state index contributed by atoms with van der Waals surface area (Å²) in [5, 5.41) is 4.43. The fraction of sp³-hybridized carbons (Fsp3) is 0.500. The second kappa shape index (κ2) is 5.75. The molecular formula is C14H18N2O2S. The van der Waals surface area contributed by atoms with Gasteiger partial charge >= 0.3 is 0 Å². The smallest absolute Gasteiger partial charge is 0.184 e. The number of rotatable bonds is 4. The van der Waals surface area contributed by atoms with Gasteiger partial charge in [-0.3, -0.25) is 0 Å². The highest BCUT2D eigenvalue weighted by molar-refractivity contribution is 7.22. The second-order valence-electron chi connectivity index (χ2n) is 4.64. The van der Waals surface area contributed by atoms with E-state index in [1.165, 1.54) is 0 Å². The average Bonchev–Trinajstić information content (AvgIpc) is 2.82. The molecule has 102 valence electrons. The van der Waals surface area contributed by atoms with E-state index < -0.39 is 0 Å². The number of anilines is 1. The molecule has 5 heteroatoms. The van der Waals surface area contributed by atoms with Gasteiger partial charge in [0.15, 0.2) is 5.13 Å². The number of thiazole rings is 1. The molecule has 1 aromatic carbocycles. The van der Waals surface area contributed by atoms with E-state index in [2.05, 4.69) is 16.4 Å². The van der Waals surface area contributed by atoms with Crippen molar-refractivity contribution >= 4 is 26.7 Å². The zero-order valence-electron chi connectivity index (χ0n) is 11.0. The van der Waals surface area contributed by atoms with Gasteiger partial charge in [-0.25, -0.2) is 4.98 Å². The van der Waals surface area contributed by atoms with Crippen LogP contribution in [0, 0.1) is 0 Å². The molecule has 2 heterocycles. The third kappa shape index (κ3) is 2.98. The molecule has 0 spiro atoms. The maximum Gasteiger partial charge on any atom is 0.184 e. The number of ether oxygens (including phenoxy) is 2. The van der Waals surface area contributed by atoms with Gasteiger partial charge in [0.05, 0.1) is 29.5 Å². The van der Waals surface area contributed by atoms with Gasteiger partial charge in [0.1, 0.15) is 5.75 Å². The van der Waals surface area contributed by atoms with Crippen molar-refractivity contribution in [3.05, 3.63) is 18.2 Å². The molecule has 3 rings (SSSR count). The van der Waals surface area contributed by atoms with Gasteiger partial charge in [-0.2, -0.15) is 0 Å². The Bertz CT molecular complexity index is 549. The molecule has 1 aromatic heterocycles. The Labute approximate surface area is 116 Å². The average molecular weight is 278 g/mol. The quantitative estimate of drug-likeness (QED) is 0.932. The molecule has 0 amide bonds. The number of aromatic nitrogens is 1. The predicted octanol–water partition coefficient (Wildman–Crippen LogP) is 3.29. The lowest BCUT2D eigenvalue weighted by Crippen LogP contribution is -2.29. The Morgan fingerprint density at radius 3 is 3.26 bits per heavy atom. The van der Waals surface area contributed by atoms with Gasteiger partial charge in [-0.15, -0.1) is 0 Å². The molecule has 1 atom stereocenters. The van der Waals surface area contributed by atoms with Crippen LogP contribution in [0.25, 0.3) is 10.2 Å². The number of fused-ring (bicyclic) bond motifs is 1. The number of hydrogen-bond acceptors (Lipinski definition) is 5. The highest BCUT2D eigenvalue weighted by atomic mass is 32.1. The molecule has 0 aliphatic carbocycles. The standard InChI is InChI=1S/C14H18N2O2S/c1-2-18-11-5-6-12-13(8-11)19-14(16-12)15-10-4-3-7-17-9-10/h5-6,8,10H,2-4,7,9H2,1H3,(H,15,16). The second-order valence-corrected chi connectivity index (χ2v) is 5.67. The Balaban J connectivity index is 1.76. The van der Waals surface area contributed by atoms with Gasteiger partial charge in [0, 0.05) is 6.61 Å². The number of nitrogens with zero attached hydrogens (tertiary/aromatic N) is 1. The molecule has 1 aliphatic rings. The van der Waals surface area contributed by atoms with E-state index in [1.807, 2.05) is 19.1 Å². The molecule has 1 saturated heterocycles. The van der Waals surface area contributed by atoms with E-state index in [0.29, 0.717) is 12.6 Å². The largest absolute Gasteiger partial charge is 0.494 e. The maximum absolute atomic E-state index is 5.51. The van der Waals surface area contributed by atoms with Crippen molar-refractivity contribution in [3.63, 3.8) is 0 Å². The van der Waals surface area contributed by atoms with Crippen LogP contribution >= 0.6 is 11.3 Å². The van der Waals surface area contributed by atoms with Gasteiger partial charge in [0.2, 0.25) is 0 Å². The summed E-state index contributed by atoms with van der Waals surface area (Å²) in [7, 11) is 0. The molecular weight excluding hydrogens is 260 g/mol. The van der Waals surface area contributed by atoms with Crippen molar-refractivity contribution in [1.82, 2.24) is 4.98 Å². The van der Waals surface area contributed by atoms with Crippen LogP contribution in [-0.2, 0) is 4.74 Å². The Morgan fingerprint density at radius 2 is 2.47 bits per heavy atom. The molecule has 1 aliphatic heterocycles. The van der Waals surface area contributed by atoms with Crippen molar-refractivity contribution < 1.29 is 9.47 Å². The van der Waals surface area contributed by atoms with Crippen LogP contribution in [0.4, 0.5) is 5.13 Å². The van der Waals surface area contributed by atoms with Gasteiger partial charge in [0.25, 0.3) is 0 Å². The zero-order chi connectivity index (χ0) is 13.1. The van der Waals surface area contributed by atoms with E-state index >= 15 is 0 Å². The van der Waals surface area contributed by atoms with Gasteiger partial charge in [-0.05, 0) is 38.0 Å². The Kier molecular flexibility index (Phi) is 3.84. The van der Waals surface area contributed by atoms with Crippen molar-refractivity contribution in [2.75, 3.05) is 25.1 Å². The van der Waals surface area contributed by atoms with E-state index in [4.69, 9.17) is 9.47 Å². The summed E-state index contributed by atoms with van der Waals surface area (Å²) in [5.74, 6) is 0.909. The van der Waals surface area contributed by atoms with E-state index in [1.54, 1.807) is 11.3 Å². The van der Waals surface area contributed by atoms with Crippen LogP contribution in [0.5, 0.6) is 5.75 Å². The van der Waals surface area contributed by atoms with Crippen LogP contribution in [0.1, 0.15) is 19.8 Å². The van der Waals surface area contributed by atoms with Crippen molar-refractivity contribution in [3.8, 4) is 5.75 Å². The van der Waals surface area contributed by atoms with Crippen molar-refractivity contribution in [2.45, 2.75) is 25.8 Å². The molecule has 1 N–H and O–H groups in total. The first-order chi connectivity index (χ1) is 9.35. The van der Waals surface area contributed by atoms with Crippen LogP contribution in [0.15, 0.2) is 18.2 Å². The predicted molar refractivity (Wildman–Crippen MR) is 78.3 cm³/mol. The first-order valence-electron chi connectivity index (χ1n) is 6.73. The van der Waals surface area contributed by atoms with Gasteiger partial charge in [-0.1, -0.05) is 11.3 Å². The normalized spacial score (nSPS) is 19.5. The molecule has 1 unspecified atom stereocenters. The number of nitrogens with one attached hydrogen (secondary N) is 1. The molecule has 0 saturated carbocycles. The summed E-state index contributed by atoms with van der Waals surface area (Å²) < 4.78 is 12.1. The summed E-state index contributed by atoms with van der Waals surface area (Å²) in [5.41, 5.74) is 1.02. The van der Waals surface area contributed by atoms with E-state index in [9.17, 15) is 0 Å². The van der Waals surface area contributed by atoms with Gasteiger partial charge < -0.3 is 14.8 Å². The van der Waals surface area contributed by atoms with E-state index in [0.717, 1.165) is 47.2 Å². The van der Waals surface area contributed by atoms with Crippen LogP contribution in [-0.4, -0.2) is 30.8 Å². The fourth-order valence-electron chi connectivity index (χ4n) is 2.25. The summed E-state index contributed by atoms with van der Waals surface area (Å²) in [4.78, 5) is 4.60. The minimum Gasteiger partial charge on any atom is -0.494 e. The third-order valence-corrected chi connectivity index (χ3v) is 4.11. The van der Waals surface area contributed by atoms with Crippen LogP contribution in [0.2, 0.25) is 0 Å². The SMILES string of the molecule is CCOc1ccc2nc(NC3CCCOC3)sc2c1. The first kappa shape index (κ1) is 12.7. The monoisotopic (exact) mass is 278 g/mol. The lowest BCUT2D eigenvalue weighted by molar-refractivity contribution is 0.0876. The van der Waals surface area contributed by atoms with Crippen LogP contribution < -0.4 is 10.1 Å². The Morgan fingerprint density at radius 1 is 1.53 bits per heavy atom. The third-order valence-electron chi connectivity index (χ3n) is 3.16. The van der Waals surface area contributed by atoms with Crippen molar-refractivity contribution in [2.24, 2.45) is 0 Å². The van der Waals surface area contributed by atoms with Crippen molar-refractivity contribution in [1.29, 1.82) is 0 Å². The number of hydrogen-bond donors (Lipinski definition) is 1. The molecule has 2 aromatic rings.